The zero-order valence-corrected chi connectivity index (χ0v) is 11.9. The van der Waals surface area contributed by atoms with E-state index in [1.807, 2.05) is 13.0 Å². The standard InChI is InChI=1S/C15H13ClN2O2/c1-10-3-4-11(8-17)15(19)18(10)9-12-7-13(16)5-6-14(12)20-2/h3-7H,9H2,1-2H3. The number of nitrogens with zero attached hydrogens (tertiary/aromatic N) is 2. The Hall–Kier alpha value is -2.25. The van der Waals surface area contributed by atoms with Crippen molar-refractivity contribution in [3.63, 3.8) is 0 Å². The zero-order chi connectivity index (χ0) is 14.7. The summed E-state index contributed by atoms with van der Waals surface area (Å²) in [6, 6.07) is 10.4. The maximum absolute atomic E-state index is 12.2. The molecule has 0 aliphatic carbocycles. The highest BCUT2D eigenvalue weighted by Crippen LogP contribution is 2.23. The van der Waals surface area contributed by atoms with E-state index in [0.29, 0.717) is 17.3 Å². The van der Waals surface area contributed by atoms with Crippen LogP contribution in [0, 0.1) is 18.3 Å². The van der Waals surface area contributed by atoms with Crippen LogP contribution in [0.5, 0.6) is 5.75 Å². The van der Waals surface area contributed by atoms with E-state index in [4.69, 9.17) is 21.6 Å². The molecule has 0 saturated carbocycles. The van der Waals surface area contributed by atoms with E-state index < -0.39 is 0 Å². The van der Waals surface area contributed by atoms with Crippen molar-refractivity contribution in [2.75, 3.05) is 7.11 Å². The molecule has 2 aromatic rings. The number of ether oxygens (including phenoxy) is 1. The van der Waals surface area contributed by atoms with E-state index in [0.717, 1.165) is 11.3 Å². The van der Waals surface area contributed by atoms with Crippen molar-refractivity contribution < 1.29 is 4.74 Å². The molecule has 0 atom stereocenters. The van der Waals surface area contributed by atoms with Crippen LogP contribution in [0.1, 0.15) is 16.8 Å². The predicted octanol–water partition coefficient (Wildman–Crippen LogP) is 2.74. The number of methoxy groups -OCH3 is 1. The molecular weight excluding hydrogens is 276 g/mol. The van der Waals surface area contributed by atoms with E-state index in [-0.39, 0.29) is 11.1 Å². The van der Waals surface area contributed by atoms with Gasteiger partial charge < -0.3 is 9.30 Å². The molecule has 0 unspecified atom stereocenters. The third-order valence-corrected chi connectivity index (χ3v) is 3.32. The fourth-order valence-electron chi connectivity index (χ4n) is 1.99. The average Bonchev–Trinajstić information content (AvgIpc) is 2.44. The first kappa shape index (κ1) is 14.2. The number of hydrogen-bond acceptors (Lipinski definition) is 3. The molecule has 0 saturated heterocycles. The summed E-state index contributed by atoms with van der Waals surface area (Å²) in [6.07, 6.45) is 0. The highest BCUT2D eigenvalue weighted by molar-refractivity contribution is 6.30. The lowest BCUT2D eigenvalue weighted by atomic mass is 10.1. The monoisotopic (exact) mass is 288 g/mol. The second kappa shape index (κ2) is 5.81. The molecule has 0 bridgehead atoms. The molecule has 0 fully saturated rings. The van der Waals surface area contributed by atoms with Gasteiger partial charge in [-0.1, -0.05) is 11.6 Å². The molecule has 4 nitrogen and oxygen atoms in total. The molecule has 0 spiro atoms. The van der Waals surface area contributed by atoms with Crippen LogP contribution >= 0.6 is 11.6 Å². The van der Waals surface area contributed by atoms with Crippen molar-refractivity contribution in [2.24, 2.45) is 0 Å². The van der Waals surface area contributed by atoms with Crippen LogP contribution in [0.25, 0.3) is 0 Å². The van der Waals surface area contributed by atoms with Gasteiger partial charge in [0.15, 0.2) is 0 Å². The molecule has 102 valence electrons. The minimum absolute atomic E-state index is 0.122. The molecule has 0 aliphatic rings. The summed E-state index contributed by atoms with van der Waals surface area (Å²) < 4.78 is 6.80. The van der Waals surface area contributed by atoms with Crippen LogP contribution in [-0.4, -0.2) is 11.7 Å². The number of nitriles is 1. The quantitative estimate of drug-likeness (QED) is 0.872. The molecule has 0 aliphatic heterocycles. The Morgan fingerprint density at radius 1 is 1.35 bits per heavy atom. The lowest BCUT2D eigenvalue weighted by Crippen LogP contribution is -2.25. The average molecular weight is 289 g/mol. The minimum atomic E-state index is -0.311. The van der Waals surface area contributed by atoms with E-state index in [1.54, 1.807) is 31.4 Å². The highest BCUT2D eigenvalue weighted by Gasteiger charge is 2.10. The van der Waals surface area contributed by atoms with Gasteiger partial charge in [-0.2, -0.15) is 5.26 Å². The summed E-state index contributed by atoms with van der Waals surface area (Å²) in [5, 5.41) is 9.51. The van der Waals surface area contributed by atoms with E-state index in [2.05, 4.69) is 0 Å². The Balaban J connectivity index is 2.53. The Bertz CT molecular complexity index is 745. The Morgan fingerprint density at radius 3 is 2.75 bits per heavy atom. The van der Waals surface area contributed by atoms with Gasteiger partial charge in [-0.25, -0.2) is 0 Å². The number of pyridine rings is 1. The first-order chi connectivity index (χ1) is 9.56. The smallest absolute Gasteiger partial charge is 0.268 e. The summed E-state index contributed by atoms with van der Waals surface area (Å²) >= 11 is 5.98. The van der Waals surface area contributed by atoms with Crippen LogP contribution < -0.4 is 10.3 Å². The van der Waals surface area contributed by atoms with Gasteiger partial charge in [-0.3, -0.25) is 4.79 Å². The van der Waals surface area contributed by atoms with E-state index >= 15 is 0 Å². The van der Waals surface area contributed by atoms with Crippen LogP contribution in [0.15, 0.2) is 35.1 Å². The second-order valence-electron chi connectivity index (χ2n) is 4.35. The topological polar surface area (TPSA) is 55.0 Å². The first-order valence-corrected chi connectivity index (χ1v) is 6.37. The van der Waals surface area contributed by atoms with Crippen LogP contribution in [0.3, 0.4) is 0 Å². The minimum Gasteiger partial charge on any atom is -0.496 e. The molecule has 1 aromatic heterocycles. The molecule has 0 radical (unpaired) electrons. The van der Waals surface area contributed by atoms with Gasteiger partial charge in [0.25, 0.3) is 5.56 Å². The normalized spacial score (nSPS) is 10.1. The molecule has 5 heteroatoms. The summed E-state index contributed by atoms with van der Waals surface area (Å²) in [7, 11) is 1.56. The Kier molecular flexibility index (Phi) is 4.11. The van der Waals surface area contributed by atoms with Gasteiger partial charge in [0.05, 0.1) is 13.7 Å². The zero-order valence-electron chi connectivity index (χ0n) is 11.2. The maximum atomic E-state index is 12.2. The van der Waals surface area contributed by atoms with Gasteiger partial charge in [-0.15, -0.1) is 0 Å². The highest BCUT2D eigenvalue weighted by atomic mass is 35.5. The second-order valence-corrected chi connectivity index (χ2v) is 4.78. The van der Waals surface area contributed by atoms with Crippen molar-refractivity contribution >= 4 is 11.6 Å². The van der Waals surface area contributed by atoms with Crippen molar-refractivity contribution in [2.45, 2.75) is 13.5 Å². The van der Waals surface area contributed by atoms with Crippen molar-refractivity contribution in [3.8, 4) is 11.8 Å². The predicted molar refractivity (Wildman–Crippen MR) is 77.3 cm³/mol. The fourth-order valence-corrected chi connectivity index (χ4v) is 2.19. The van der Waals surface area contributed by atoms with Crippen molar-refractivity contribution in [3.05, 3.63) is 62.5 Å². The Morgan fingerprint density at radius 2 is 2.10 bits per heavy atom. The molecular formula is C15H13ClN2O2. The number of hydrogen-bond donors (Lipinski definition) is 0. The number of halogens is 1. The maximum Gasteiger partial charge on any atom is 0.268 e. The van der Waals surface area contributed by atoms with Gasteiger partial charge in [0.1, 0.15) is 17.4 Å². The molecule has 0 N–H and O–H groups in total. The number of rotatable bonds is 3. The SMILES string of the molecule is COc1ccc(Cl)cc1Cn1c(C)ccc(C#N)c1=O. The summed E-state index contributed by atoms with van der Waals surface area (Å²) in [6.45, 7) is 2.13. The van der Waals surface area contributed by atoms with Crippen molar-refractivity contribution in [1.29, 1.82) is 5.26 Å². The fraction of sp³-hybridized carbons (Fsp3) is 0.200. The molecule has 0 amide bonds. The number of aromatic nitrogens is 1. The molecule has 1 heterocycles. The summed E-state index contributed by atoms with van der Waals surface area (Å²) in [5.74, 6) is 0.656. The van der Waals surface area contributed by atoms with Gasteiger partial charge in [-0.05, 0) is 37.3 Å². The Labute approximate surface area is 121 Å². The molecule has 2 rings (SSSR count). The summed E-state index contributed by atoms with van der Waals surface area (Å²) in [5.41, 5.74) is 1.38. The largest absolute Gasteiger partial charge is 0.496 e. The van der Waals surface area contributed by atoms with Crippen LogP contribution in [-0.2, 0) is 6.54 Å². The third kappa shape index (κ3) is 2.68. The van der Waals surface area contributed by atoms with Gasteiger partial charge >= 0.3 is 0 Å². The molecule has 1 aromatic carbocycles. The van der Waals surface area contributed by atoms with Gasteiger partial charge in [0, 0.05) is 16.3 Å². The van der Waals surface area contributed by atoms with E-state index in [1.165, 1.54) is 10.6 Å². The van der Waals surface area contributed by atoms with Crippen LogP contribution in [0.2, 0.25) is 5.02 Å². The number of aryl methyl sites for hydroxylation is 1. The summed E-state index contributed by atoms with van der Waals surface area (Å²) in [4.78, 5) is 12.2. The van der Waals surface area contributed by atoms with Crippen molar-refractivity contribution in [1.82, 2.24) is 4.57 Å². The number of benzene rings is 1. The molecule has 20 heavy (non-hydrogen) atoms. The lowest BCUT2D eigenvalue weighted by Gasteiger charge is -2.13. The first-order valence-electron chi connectivity index (χ1n) is 5.99. The lowest BCUT2D eigenvalue weighted by molar-refractivity contribution is 0.408. The third-order valence-electron chi connectivity index (χ3n) is 3.08. The van der Waals surface area contributed by atoms with Crippen LogP contribution in [0.4, 0.5) is 0 Å². The van der Waals surface area contributed by atoms with Gasteiger partial charge in [0.2, 0.25) is 0 Å². The van der Waals surface area contributed by atoms with E-state index in [9.17, 15) is 4.79 Å².